The molecule has 0 spiro atoms. The zero-order chi connectivity index (χ0) is 30.5. The third-order valence-electron chi connectivity index (χ3n) is 8.70. The topological polar surface area (TPSA) is 113 Å². The third-order valence-corrected chi connectivity index (χ3v) is 9.98. The normalized spacial score (nSPS) is 20.0. The van der Waals surface area contributed by atoms with Crippen LogP contribution in [0.25, 0.3) is 11.0 Å². The molecule has 3 aliphatic rings. The Kier molecular flexibility index (Phi) is 7.42. The van der Waals surface area contributed by atoms with Crippen LogP contribution in [0.15, 0.2) is 48.5 Å². The van der Waals surface area contributed by atoms with E-state index in [1.807, 2.05) is 68.8 Å². The number of hydrogen-bond donors (Lipinski definition) is 0. The average molecular weight is 605 g/mol. The van der Waals surface area contributed by atoms with Gasteiger partial charge < -0.3 is 13.7 Å². The summed E-state index contributed by atoms with van der Waals surface area (Å²) < 4.78 is 46.5. The van der Waals surface area contributed by atoms with E-state index in [0.29, 0.717) is 24.7 Å². The van der Waals surface area contributed by atoms with Crippen molar-refractivity contribution in [3.63, 3.8) is 0 Å². The molecule has 9 bridgehead atoms. The number of ether oxygens (including phenoxy) is 2. The quantitative estimate of drug-likeness (QED) is 0.287. The molecule has 4 aromatic rings. The van der Waals surface area contributed by atoms with Gasteiger partial charge in [-0.3, -0.25) is 4.79 Å². The highest BCUT2D eigenvalue weighted by molar-refractivity contribution is 7.84. The first-order valence-electron chi connectivity index (χ1n) is 14.5. The minimum Gasteiger partial charge on any atom is -0.494 e. The van der Waals surface area contributed by atoms with Gasteiger partial charge >= 0.3 is 16.3 Å². The molecule has 0 saturated carbocycles. The summed E-state index contributed by atoms with van der Waals surface area (Å²) in [6, 6.07) is 15.3. The first-order valence-corrected chi connectivity index (χ1v) is 15.8. The Balaban J connectivity index is 1.52. The van der Waals surface area contributed by atoms with Crippen molar-refractivity contribution in [1.82, 2.24) is 19.3 Å². The van der Waals surface area contributed by atoms with Crippen LogP contribution in [-0.4, -0.2) is 47.4 Å². The lowest BCUT2D eigenvalue weighted by Gasteiger charge is -2.34. The summed E-state index contributed by atoms with van der Waals surface area (Å²) in [7, 11) is -2.64. The number of carbonyl (C=O) groups is 1. The maximum absolute atomic E-state index is 13.3. The Morgan fingerprint density at radius 1 is 1.02 bits per heavy atom. The van der Waals surface area contributed by atoms with Crippen molar-refractivity contribution in [2.75, 3.05) is 13.7 Å². The number of aromatic nitrogens is 3. The van der Waals surface area contributed by atoms with Crippen LogP contribution in [0.2, 0.25) is 0 Å². The molecule has 0 aliphatic carbocycles. The van der Waals surface area contributed by atoms with Gasteiger partial charge in [0.1, 0.15) is 17.0 Å². The van der Waals surface area contributed by atoms with Gasteiger partial charge in [-0.1, -0.05) is 29.5 Å². The highest BCUT2D eigenvalue weighted by Crippen LogP contribution is 2.45. The third kappa shape index (κ3) is 5.25. The SMILES string of the molecule is COC(=O)C(C)(C)C1c2ccc(C)c(c2)CN2Cc3cc(ccc3OS2(=O)=O)OCCCCn2nnc3c(C)c1ccc32. The largest absolute Gasteiger partial charge is 0.494 e. The molecule has 1 aromatic heterocycles. The smallest absolute Gasteiger partial charge is 0.385 e. The average Bonchev–Trinajstić information content (AvgIpc) is 3.38. The second-order valence-electron chi connectivity index (χ2n) is 11.9. The number of nitrogens with zero attached hydrogens (tertiary/aromatic N) is 4. The summed E-state index contributed by atoms with van der Waals surface area (Å²) in [5.41, 5.74) is 5.96. The predicted octanol–water partition coefficient (Wildman–Crippen LogP) is 5.19. The van der Waals surface area contributed by atoms with E-state index in [-0.39, 0.29) is 19.1 Å². The molecule has 7 rings (SSSR count). The second-order valence-corrected chi connectivity index (χ2v) is 13.5. The van der Waals surface area contributed by atoms with Crippen LogP contribution < -0.4 is 8.92 Å². The van der Waals surface area contributed by atoms with E-state index in [4.69, 9.17) is 13.7 Å². The molecule has 0 fully saturated rings. The van der Waals surface area contributed by atoms with Crippen molar-refractivity contribution < 1.29 is 26.9 Å². The molecule has 2 atom stereocenters. The van der Waals surface area contributed by atoms with E-state index in [1.54, 1.807) is 12.1 Å². The van der Waals surface area contributed by atoms with Crippen molar-refractivity contribution in [2.24, 2.45) is 5.41 Å². The number of carbonyl (C=O) groups excluding carboxylic acids is 1. The van der Waals surface area contributed by atoms with Gasteiger partial charge in [0, 0.05) is 31.1 Å². The number of fused-ring (bicyclic) bond motifs is 5. The van der Waals surface area contributed by atoms with Crippen molar-refractivity contribution in [3.8, 4) is 11.5 Å². The van der Waals surface area contributed by atoms with E-state index in [1.165, 1.54) is 11.4 Å². The van der Waals surface area contributed by atoms with Crippen LogP contribution >= 0.6 is 0 Å². The molecule has 11 heteroatoms. The molecule has 0 N–H and O–H groups in total. The van der Waals surface area contributed by atoms with Crippen molar-refractivity contribution >= 4 is 27.3 Å². The van der Waals surface area contributed by atoms with Gasteiger partial charge in [0.15, 0.2) is 0 Å². The summed E-state index contributed by atoms with van der Waals surface area (Å²) in [5.74, 6) is 0.217. The van der Waals surface area contributed by atoms with Crippen LogP contribution in [0.5, 0.6) is 11.5 Å². The molecule has 2 unspecified atom stereocenters. The molecular weight excluding hydrogens is 568 g/mol. The van der Waals surface area contributed by atoms with Gasteiger partial charge in [-0.2, -0.15) is 12.7 Å². The van der Waals surface area contributed by atoms with Gasteiger partial charge in [-0.25, -0.2) is 4.68 Å². The number of esters is 1. The van der Waals surface area contributed by atoms with Gasteiger partial charge in [-0.15, -0.1) is 5.10 Å². The molecular formula is C32H36N4O6S. The number of benzene rings is 3. The fourth-order valence-corrected chi connectivity index (χ4v) is 7.32. The summed E-state index contributed by atoms with van der Waals surface area (Å²) >= 11 is 0. The summed E-state index contributed by atoms with van der Waals surface area (Å²) in [6.07, 6.45) is 1.64. The van der Waals surface area contributed by atoms with E-state index in [9.17, 15) is 13.2 Å². The van der Waals surface area contributed by atoms with Crippen LogP contribution in [0.1, 0.15) is 66.0 Å². The van der Waals surface area contributed by atoms with Gasteiger partial charge in [0.05, 0.1) is 24.6 Å². The summed E-state index contributed by atoms with van der Waals surface area (Å²) in [5, 5.41) is 8.99. The molecule has 43 heavy (non-hydrogen) atoms. The molecule has 0 saturated heterocycles. The minimum atomic E-state index is -4.03. The van der Waals surface area contributed by atoms with E-state index < -0.39 is 21.6 Å². The fourth-order valence-electron chi connectivity index (χ4n) is 6.23. The molecule has 0 radical (unpaired) electrons. The van der Waals surface area contributed by atoms with Crippen molar-refractivity contribution in [1.29, 1.82) is 0 Å². The Morgan fingerprint density at radius 2 is 1.81 bits per heavy atom. The Hall–Kier alpha value is -3.96. The molecule has 226 valence electrons. The zero-order valence-corrected chi connectivity index (χ0v) is 25.9. The van der Waals surface area contributed by atoms with Crippen LogP contribution in [0.4, 0.5) is 0 Å². The Morgan fingerprint density at radius 3 is 2.60 bits per heavy atom. The zero-order valence-electron chi connectivity index (χ0n) is 25.1. The summed E-state index contributed by atoms with van der Waals surface area (Å²) in [4.78, 5) is 13.3. The second kappa shape index (κ2) is 10.9. The lowest BCUT2D eigenvalue weighted by Crippen LogP contribution is -2.37. The molecule has 0 amide bonds. The lowest BCUT2D eigenvalue weighted by molar-refractivity contribution is -0.151. The van der Waals surface area contributed by atoms with Crippen molar-refractivity contribution in [3.05, 3.63) is 81.9 Å². The number of rotatable bonds is 2. The minimum absolute atomic E-state index is 0.101. The van der Waals surface area contributed by atoms with E-state index >= 15 is 0 Å². The number of hydrogen-bond acceptors (Lipinski definition) is 8. The molecule has 3 aliphatic heterocycles. The van der Waals surface area contributed by atoms with Gasteiger partial charge in [0.25, 0.3) is 0 Å². The maximum atomic E-state index is 13.3. The van der Waals surface area contributed by atoms with Gasteiger partial charge in [0.2, 0.25) is 0 Å². The van der Waals surface area contributed by atoms with E-state index in [0.717, 1.165) is 57.3 Å². The standard InChI is InChI=1S/C32H36N4O6S/c1-20-8-9-22-16-23(20)18-35-19-24-17-25(10-13-28(24)42-43(35,38)39)41-15-7-6-14-36-27-12-11-26(21(2)30(27)33-34-36)29(22)32(3,4)31(37)40-5/h8-13,16-17,29H,6-7,14-15,18-19H2,1-5H3. The maximum Gasteiger partial charge on any atom is 0.385 e. The Labute approximate surface area is 251 Å². The molecule has 10 nitrogen and oxygen atoms in total. The highest BCUT2D eigenvalue weighted by atomic mass is 32.2. The highest BCUT2D eigenvalue weighted by Gasteiger charge is 2.41. The monoisotopic (exact) mass is 604 g/mol. The first kappa shape index (κ1) is 29.1. The predicted molar refractivity (Wildman–Crippen MR) is 161 cm³/mol. The van der Waals surface area contributed by atoms with Crippen LogP contribution in [-0.2, 0) is 39.5 Å². The first-order chi connectivity index (χ1) is 20.5. The Bertz CT molecular complexity index is 1830. The number of methoxy groups -OCH3 is 1. The summed E-state index contributed by atoms with van der Waals surface area (Å²) in [6.45, 7) is 9.15. The molecule has 4 heterocycles. The van der Waals surface area contributed by atoms with Gasteiger partial charge in [-0.05, 0) is 92.6 Å². The molecule has 3 aromatic carbocycles. The lowest BCUT2D eigenvalue weighted by atomic mass is 9.69. The van der Waals surface area contributed by atoms with Crippen LogP contribution in [0, 0.1) is 19.3 Å². The van der Waals surface area contributed by atoms with E-state index in [2.05, 4.69) is 10.3 Å². The van der Waals surface area contributed by atoms with Crippen molar-refractivity contribution in [2.45, 2.75) is 66.1 Å². The number of aryl methyl sites for hydroxylation is 3. The van der Waals surface area contributed by atoms with Crippen LogP contribution in [0.3, 0.4) is 0 Å². The fraction of sp³-hybridized carbons (Fsp3) is 0.406.